The van der Waals surface area contributed by atoms with Crippen molar-refractivity contribution in [2.45, 2.75) is 71.3 Å². The molecule has 0 bridgehead atoms. The van der Waals surface area contributed by atoms with E-state index < -0.39 is 0 Å². The molecule has 2 nitrogen and oxygen atoms in total. The third kappa shape index (κ3) is 4.87. The topological polar surface area (TPSA) is 6.48 Å². The van der Waals surface area contributed by atoms with Gasteiger partial charge in [0.1, 0.15) is 0 Å². The fourth-order valence-electron chi connectivity index (χ4n) is 4.58. The van der Waals surface area contributed by atoms with E-state index in [1.54, 1.807) is 0 Å². The third-order valence-corrected chi connectivity index (χ3v) is 6.37. The molecule has 1 saturated carbocycles. The zero-order valence-corrected chi connectivity index (χ0v) is 15.2. The molecule has 0 aromatic rings. The van der Waals surface area contributed by atoms with Crippen molar-refractivity contribution in [2.24, 2.45) is 5.41 Å². The number of piperazine rings is 1. The van der Waals surface area contributed by atoms with Gasteiger partial charge < -0.3 is 4.90 Å². The summed E-state index contributed by atoms with van der Waals surface area (Å²) < 4.78 is 0. The Balaban J connectivity index is 1.82. The SMILES string of the molecule is CCCC(CS)(CCC)CN1CCN(C2CCCC2)CC1. The summed E-state index contributed by atoms with van der Waals surface area (Å²) in [4.78, 5) is 5.50. The summed E-state index contributed by atoms with van der Waals surface area (Å²) in [7, 11) is 0. The molecular formula is C18H36N2S. The van der Waals surface area contributed by atoms with Gasteiger partial charge in [0.05, 0.1) is 0 Å². The molecule has 0 N–H and O–H groups in total. The van der Waals surface area contributed by atoms with Gasteiger partial charge in [0.15, 0.2) is 0 Å². The van der Waals surface area contributed by atoms with Crippen molar-refractivity contribution in [1.82, 2.24) is 9.80 Å². The zero-order chi connectivity index (χ0) is 15.1. The molecule has 3 heteroatoms. The van der Waals surface area contributed by atoms with Gasteiger partial charge in [-0.15, -0.1) is 0 Å². The standard InChI is InChI=1S/C18H36N2S/c1-3-9-18(16-21,10-4-2)15-19-11-13-20(14-12-19)17-7-5-6-8-17/h17,21H,3-16H2,1-2H3. The van der Waals surface area contributed by atoms with Gasteiger partial charge in [0, 0.05) is 38.8 Å². The van der Waals surface area contributed by atoms with Crippen LogP contribution in [-0.2, 0) is 0 Å². The molecule has 0 aromatic heterocycles. The second kappa shape index (κ2) is 8.79. The first kappa shape index (κ1) is 17.6. The molecule has 1 heterocycles. The lowest BCUT2D eigenvalue weighted by molar-refractivity contribution is 0.0641. The molecule has 0 unspecified atom stereocenters. The van der Waals surface area contributed by atoms with E-state index in [2.05, 4.69) is 23.6 Å². The fraction of sp³-hybridized carbons (Fsp3) is 1.00. The van der Waals surface area contributed by atoms with Gasteiger partial charge in [-0.05, 0) is 36.9 Å². The Morgan fingerprint density at radius 2 is 1.52 bits per heavy atom. The molecule has 0 atom stereocenters. The van der Waals surface area contributed by atoms with E-state index in [9.17, 15) is 0 Å². The molecular weight excluding hydrogens is 276 g/mol. The van der Waals surface area contributed by atoms with E-state index in [1.807, 2.05) is 0 Å². The first-order valence-electron chi connectivity index (χ1n) is 9.30. The van der Waals surface area contributed by atoms with Gasteiger partial charge in [-0.3, -0.25) is 4.90 Å². The lowest BCUT2D eigenvalue weighted by Gasteiger charge is -2.43. The van der Waals surface area contributed by atoms with Crippen molar-refractivity contribution >= 4 is 12.6 Å². The van der Waals surface area contributed by atoms with Crippen LogP contribution in [0, 0.1) is 5.41 Å². The average Bonchev–Trinajstić information content (AvgIpc) is 3.03. The van der Waals surface area contributed by atoms with E-state index in [4.69, 9.17) is 12.6 Å². The van der Waals surface area contributed by atoms with Crippen molar-refractivity contribution in [3.63, 3.8) is 0 Å². The summed E-state index contributed by atoms with van der Waals surface area (Å²) in [6.45, 7) is 11.1. The minimum Gasteiger partial charge on any atom is -0.300 e. The van der Waals surface area contributed by atoms with E-state index in [-0.39, 0.29) is 0 Å². The van der Waals surface area contributed by atoms with Crippen LogP contribution in [0.3, 0.4) is 0 Å². The highest BCUT2D eigenvalue weighted by Crippen LogP contribution is 2.33. The number of thiol groups is 1. The van der Waals surface area contributed by atoms with E-state index >= 15 is 0 Å². The van der Waals surface area contributed by atoms with Crippen molar-refractivity contribution in [3.05, 3.63) is 0 Å². The molecule has 2 rings (SSSR count). The van der Waals surface area contributed by atoms with Crippen LogP contribution in [0.15, 0.2) is 0 Å². The second-order valence-corrected chi connectivity index (χ2v) is 7.72. The molecule has 0 spiro atoms. The molecule has 2 aliphatic rings. The molecule has 21 heavy (non-hydrogen) atoms. The Morgan fingerprint density at radius 1 is 0.952 bits per heavy atom. The average molecular weight is 313 g/mol. The highest BCUT2D eigenvalue weighted by Gasteiger charge is 2.32. The molecule has 124 valence electrons. The van der Waals surface area contributed by atoms with Crippen LogP contribution in [0.25, 0.3) is 0 Å². The minimum atomic E-state index is 0.460. The monoisotopic (exact) mass is 312 g/mol. The predicted octanol–water partition coefficient (Wildman–Crippen LogP) is 4.06. The van der Waals surface area contributed by atoms with Crippen molar-refractivity contribution in [2.75, 3.05) is 38.5 Å². The van der Waals surface area contributed by atoms with Crippen LogP contribution in [0.5, 0.6) is 0 Å². The van der Waals surface area contributed by atoms with Crippen molar-refractivity contribution in [1.29, 1.82) is 0 Å². The zero-order valence-electron chi connectivity index (χ0n) is 14.3. The maximum absolute atomic E-state index is 4.72. The quantitative estimate of drug-likeness (QED) is 0.675. The van der Waals surface area contributed by atoms with Crippen LogP contribution >= 0.6 is 12.6 Å². The summed E-state index contributed by atoms with van der Waals surface area (Å²) in [5, 5.41) is 0. The van der Waals surface area contributed by atoms with Crippen LogP contribution < -0.4 is 0 Å². The Hall–Kier alpha value is 0.270. The Kier molecular flexibility index (Phi) is 7.37. The Bertz CT molecular complexity index is 275. The third-order valence-electron chi connectivity index (χ3n) is 5.70. The fourth-order valence-corrected chi connectivity index (χ4v) is 5.00. The lowest BCUT2D eigenvalue weighted by Crippen LogP contribution is -2.52. The smallest absolute Gasteiger partial charge is 0.0113 e. The van der Waals surface area contributed by atoms with Crippen molar-refractivity contribution < 1.29 is 0 Å². The number of rotatable bonds is 8. The van der Waals surface area contributed by atoms with Gasteiger partial charge >= 0.3 is 0 Å². The molecule has 0 radical (unpaired) electrons. The molecule has 1 aliphatic carbocycles. The highest BCUT2D eigenvalue weighted by molar-refractivity contribution is 7.80. The number of nitrogens with zero attached hydrogens (tertiary/aromatic N) is 2. The van der Waals surface area contributed by atoms with Gasteiger partial charge in [-0.25, -0.2) is 0 Å². The molecule has 1 aliphatic heterocycles. The van der Waals surface area contributed by atoms with Gasteiger partial charge in [-0.2, -0.15) is 12.6 Å². The predicted molar refractivity (Wildman–Crippen MR) is 96.4 cm³/mol. The van der Waals surface area contributed by atoms with Crippen molar-refractivity contribution in [3.8, 4) is 0 Å². The van der Waals surface area contributed by atoms with Gasteiger partial charge in [0.25, 0.3) is 0 Å². The van der Waals surface area contributed by atoms with E-state index in [0.717, 1.165) is 11.8 Å². The maximum Gasteiger partial charge on any atom is 0.0113 e. The van der Waals surface area contributed by atoms with Crippen LogP contribution in [0.2, 0.25) is 0 Å². The van der Waals surface area contributed by atoms with Gasteiger partial charge in [-0.1, -0.05) is 39.5 Å². The Labute approximate surface area is 138 Å². The summed E-state index contributed by atoms with van der Waals surface area (Å²) in [5.74, 6) is 1.05. The molecule has 2 fully saturated rings. The molecule has 0 aromatic carbocycles. The molecule has 1 saturated heterocycles. The van der Waals surface area contributed by atoms with Crippen LogP contribution in [0.1, 0.15) is 65.2 Å². The highest BCUT2D eigenvalue weighted by atomic mass is 32.1. The number of hydrogen-bond donors (Lipinski definition) is 1. The molecule has 0 amide bonds. The summed E-state index contributed by atoms with van der Waals surface area (Å²) in [6.07, 6.45) is 11.1. The maximum atomic E-state index is 4.72. The van der Waals surface area contributed by atoms with Crippen LogP contribution in [0.4, 0.5) is 0 Å². The first-order valence-corrected chi connectivity index (χ1v) is 9.93. The first-order chi connectivity index (χ1) is 10.2. The normalized spacial score (nSPS) is 23.0. The number of hydrogen-bond acceptors (Lipinski definition) is 3. The summed E-state index contributed by atoms with van der Waals surface area (Å²) in [6, 6.07) is 0.910. The van der Waals surface area contributed by atoms with Gasteiger partial charge in [0.2, 0.25) is 0 Å². The minimum absolute atomic E-state index is 0.460. The lowest BCUT2D eigenvalue weighted by atomic mass is 9.80. The van der Waals surface area contributed by atoms with Crippen LogP contribution in [-0.4, -0.2) is 54.3 Å². The Morgan fingerprint density at radius 3 is 2.00 bits per heavy atom. The van der Waals surface area contributed by atoms with E-state index in [1.165, 1.54) is 84.1 Å². The second-order valence-electron chi connectivity index (χ2n) is 7.41. The van der Waals surface area contributed by atoms with E-state index in [0.29, 0.717) is 5.41 Å². The largest absolute Gasteiger partial charge is 0.300 e. The summed E-state index contributed by atoms with van der Waals surface area (Å²) in [5.41, 5.74) is 0.460. The summed E-state index contributed by atoms with van der Waals surface area (Å²) >= 11 is 4.72.